The molecule has 7 nitrogen and oxygen atoms in total. The second-order valence-electron chi connectivity index (χ2n) is 6.66. The van der Waals surface area contributed by atoms with Crippen LogP contribution in [0.3, 0.4) is 0 Å². The van der Waals surface area contributed by atoms with E-state index in [1.165, 1.54) is 13.0 Å². The van der Waals surface area contributed by atoms with Crippen molar-refractivity contribution in [3.63, 3.8) is 0 Å². The normalized spacial score (nSPS) is 11.6. The summed E-state index contributed by atoms with van der Waals surface area (Å²) in [7, 11) is 0. The molecular formula is C22H21ClN4O3. The fraction of sp³-hybridized carbons (Fsp3) is 0.182. The van der Waals surface area contributed by atoms with E-state index in [2.05, 4.69) is 15.7 Å². The molecule has 0 bridgehead atoms. The molecule has 154 valence electrons. The molecule has 0 aliphatic heterocycles. The van der Waals surface area contributed by atoms with Crippen LogP contribution in [0.4, 0.5) is 11.4 Å². The molecule has 0 spiro atoms. The molecule has 2 aromatic carbocycles. The Labute approximate surface area is 178 Å². The fourth-order valence-corrected chi connectivity index (χ4v) is 3.11. The van der Waals surface area contributed by atoms with Gasteiger partial charge in [0.2, 0.25) is 11.8 Å². The summed E-state index contributed by atoms with van der Waals surface area (Å²) in [4.78, 5) is 37.5. The monoisotopic (exact) mass is 424 g/mol. The lowest BCUT2D eigenvalue weighted by Gasteiger charge is -2.19. The zero-order chi connectivity index (χ0) is 21.7. The molecule has 1 aromatic heterocycles. The smallest absolute Gasteiger partial charge is 0.291 e. The van der Waals surface area contributed by atoms with Crippen LogP contribution in [-0.2, 0) is 9.59 Å². The van der Waals surface area contributed by atoms with Gasteiger partial charge in [0.1, 0.15) is 11.7 Å². The number of amides is 2. The Morgan fingerprint density at radius 3 is 2.33 bits per heavy atom. The Morgan fingerprint density at radius 1 is 1.07 bits per heavy atom. The van der Waals surface area contributed by atoms with Crippen LogP contribution in [0.25, 0.3) is 11.3 Å². The number of nitrogens with zero attached hydrogens (tertiary/aromatic N) is 2. The summed E-state index contributed by atoms with van der Waals surface area (Å²) in [6.45, 7) is 3.10. The third-order valence-corrected chi connectivity index (χ3v) is 4.66. The Balaban J connectivity index is 2.07. The summed E-state index contributed by atoms with van der Waals surface area (Å²) in [6, 6.07) is 16.5. The third-order valence-electron chi connectivity index (χ3n) is 4.41. The summed E-state index contributed by atoms with van der Waals surface area (Å²) in [5.74, 6) is -0.769. The molecule has 3 rings (SSSR count). The highest BCUT2D eigenvalue weighted by molar-refractivity contribution is 6.30. The van der Waals surface area contributed by atoms with Gasteiger partial charge < -0.3 is 10.6 Å². The number of aromatic nitrogens is 2. The summed E-state index contributed by atoms with van der Waals surface area (Å²) < 4.78 is 1.12. The van der Waals surface area contributed by atoms with Crippen molar-refractivity contribution >= 4 is 34.8 Å². The van der Waals surface area contributed by atoms with Gasteiger partial charge in [0.15, 0.2) is 0 Å². The van der Waals surface area contributed by atoms with Crippen molar-refractivity contribution in [2.45, 2.75) is 26.3 Å². The molecule has 3 aromatic rings. The van der Waals surface area contributed by atoms with E-state index in [-0.39, 0.29) is 11.6 Å². The highest BCUT2D eigenvalue weighted by atomic mass is 35.5. The van der Waals surface area contributed by atoms with Crippen LogP contribution in [0.2, 0.25) is 5.02 Å². The Morgan fingerprint density at radius 2 is 1.73 bits per heavy atom. The lowest BCUT2D eigenvalue weighted by molar-refractivity contribution is -0.119. The van der Waals surface area contributed by atoms with Crippen LogP contribution in [0, 0.1) is 0 Å². The zero-order valence-corrected chi connectivity index (χ0v) is 17.3. The number of benzene rings is 2. The van der Waals surface area contributed by atoms with E-state index in [9.17, 15) is 14.4 Å². The number of anilines is 2. The molecule has 1 atom stereocenters. The summed E-state index contributed by atoms with van der Waals surface area (Å²) in [5.41, 5.74) is 1.23. The van der Waals surface area contributed by atoms with Crippen molar-refractivity contribution in [1.82, 2.24) is 9.78 Å². The topological polar surface area (TPSA) is 93.1 Å². The zero-order valence-electron chi connectivity index (χ0n) is 16.6. The lowest BCUT2D eigenvalue weighted by Crippen LogP contribution is -2.36. The highest BCUT2D eigenvalue weighted by Gasteiger charge is 2.23. The Hall–Kier alpha value is -3.45. The van der Waals surface area contributed by atoms with Gasteiger partial charge in [0.05, 0.1) is 5.69 Å². The van der Waals surface area contributed by atoms with E-state index in [0.717, 1.165) is 4.68 Å². The van der Waals surface area contributed by atoms with Crippen LogP contribution >= 0.6 is 11.6 Å². The maximum atomic E-state index is 13.0. The molecule has 0 saturated heterocycles. The largest absolute Gasteiger partial charge is 0.324 e. The van der Waals surface area contributed by atoms with E-state index in [1.54, 1.807) is 55.5 Å². The number of para-hydroxylation sites is 1. The van der Waals surface area contributed by atoms with E-state index in [1.807, 2.05) is 6.07 Å². The minimum absolute atomic E-state index is 0.0495. The number of hydrogen-bond donors (Lipinski definition) is 2. The molecule has 0 unspecified atom stereocenters. The van der Waals surface area contributed by atoms with Crippen molar-refractivity contribution in [3.8, 4) is 11.3 Å². The van der Waals surface area contributed by atoms with E-state index in [0.29, 0.717) is 28.4 Å². The van der Waals surface area contributed by atoms with Gasteiger partial charge in [-0.05, 0) is 36.8 Å². The number of halogens is 1. The van der Waals surface area contributed by atoms with Crippen molar-refractivity contribution in [3.05, 3.63) is 76.0 Å². The summed E-state index contributed by atoms with van der Waals surface area (Å²) >= 11 is 5.96. The molecule has 2 amide bonds. The summed E-state index contributed by atoms with van der Waals surface area (Å²) in [6.07, 6.45) is 0.329. The predicted octanol–water partition coefficient (Wildman–Crippen LogP) is 4.11. The maximum absolute atomic E-state index is 13.0. The molecule has 0 saturated carbocycles. The number of carbonyl (C=O) groups excluding carboxylic acids is 2. The average Bonchev–Trinajstić information content (AvgIpc) is 2.72. The van der Waals surface area contributed by atoms with Gasteiger partial charge in [-0.25, -0.2) is 4.68 Å². The van der Waals surface area contributed by atoms with Crippen LogP contribution < -0.4 is 16.2 Å². The molecule has 8 heteroatoms. The standard InChI is InChI=1S/C22H21ClN4O3/c1-3-20(21(29)25-17-7-5-4-6-8-17)27-22(30)19(24-14(2)28)13-18(26-27)15-9-11-16(23)12-10-15/h4-13,20H,3H2,1-2H3,(H,24,28)(H,25,29)/t20-/m0/s1. The van der Waals surface area contributed by atoms with Crippen LogP contribution in [0.15, 0.2) is 65.5 Å². The van der Waals surface area contributed by atoms with Crippen LogP contribution in [0.5, 0.6) is 0 Å². The maximum Gasteiger partial charge on any atom is 0.291 e. The first-order valence-corrected chi connectivity index (χ1v) is 9.80. The SMILES string of the molecule is CC[C@@H](C(=O)Nc1ccccc1)n1nc(-c2ccc(Cl)cc2)cc(NC(C)=O)c1=O. The quantitative estimate of drug-likeness (QED) is 0.622. The van der Waals surface area contributed by atoms with E-state index in [4.69, 9.17) is 11.6 Å². The molecule has 1 heterocycles. The van der Waals surface area contributed by atoms with Crippen LogP contribution in [-0.4, -0.2) is 21.6 Å². The van der Waals surface area contributed by atoms with E-state index < -0.39 is 17.5 Å². The first kappa shape index (κ1) is 21.3. The summed E-state index contributed by atoms with van der Waals surface area (Å²) in [5, 5.41) is 10.3. The van der Waals surface area contributed by atoms with Crippen molar-refractivity contribution in [1.29, 1.82) is 0 Å². The van der Waals surface area contributed by atoms with Gasteiger partial charge in [0, 0.05) is 23.2 Å². The molecule has 0 aliphatic rings. The minimum Gasteiger partial charge on any atom is -0.324 e. The van der Waals surface area contributed by atoms with Crippen LogP contribution in [0.1, 0.15) is 26.3 Å². The van der Waals surface area contributed by atoms with Gasteiger partial charge in [-0.15, -0.1) is 0 Å². The minimum atomic E-state index is -0.863. The molecule has 0 aliphatic carbocycles. The fourth-order valence-electron chi connectivity index (χ4n) is 2.98. The van der Waals surface area contributed by atoms with Crippen molar-refractivity contribution in [2.24, 2.45) is 0 Å². The van der Waals surface area contributed by atoms with Crippen molar-refractivity contribution in [2.75, 3.05) is 10.6 Å². The van der Waals surface area contributed by atoms with Crippen molar-refractivity contribution < 1.29 is 9.59 Å². The molecular weight excluding hydrogens is 404 g/mol. The van der Waals surface area contributed by atoms with Gasteiger partial charge in [-0.3, -0.25) is 14.4 Å². The number of hydrogen-bond acceptors (Lipinski definition) is 4. The van der Waals surface area contributed by atoms with Gasteiger partial charge >= 0.3 is 0 Å². The lowest BCUT2D eigenvalue weighted by atomic mass is 10.1. The Bertz CT molecular complexity index is 1110. The molecule has 2 N–H and O–H groups in total. The second-order valence-corrected chi connectivity index (χ2v) is 7.10. The average molecular weight is 425 g/mol. The van der Waals surface area contributed by atoms with Gasteiger partial charge in [0.25, 0.3) is 5.56 Å². The predicted molar refractivity (Wildman–Crippen MR) is 118 cm³/mol. The molecule has 0 radical (unpaired) electrons. The van der Waals surface area contributed by atoms with Gasteiger partial charge in [-0.1, -0.05) is 48.9 Å². The first-order valence-electron chi connectivity index (χ1n) is 9.42. The number of nitrogens with one attached hydrogen (secondary N) is 2. The molecule has 30 heavy (non-hydrogen) atoms. The Kier molecular flexibility index (Phi) is 6.64. The highest BCUT2D eigenvalue weighted by Crippen LogP contribution is 2.22. The number of carbonyl (C=O) groups is 2. The number of rotatable bonds is 6. The molecule has 0 fully saturated rings. The van der Waals surface area contributed by atoms with Gasteiger partial charge in [-0.2, -0.15) is 5.10 Å². The second kappa shape index (κ2) is 9.37. The first-order chi connectivity index (χ1) is 14.4. The third kappa shape index (κ3) is 4.93. The van der Waals surface area contributed by atoms with E-state index >= 15 is 0 Å².